The topological polar surface area (TPSA) is 40.5 Å². The van der Waals surface area contributed by atoms with E-state index in [4.69, 9.17) is 5.11 Å². The molecule has 1 N–H and O–H groups in total. The van der Waals surface area contributed by atoms with Gasteiger partial charge in [-0.05, 0) is 5.25 Å². The van der Waals surface area contributed by atoms with Gasteiger partial charge in [-0.25, -0.2) is 0 Å². The van der Waals surface area contributed by atoms with Crippen LogP contribution in [0.4, 0.5) is 0 Å². The van der Waals surface area contributed by atoms with Crippen LogP contribution in [0.2, 0.25) is 0 Å². The molecule has 0 saturated carbocycles. The van der Waals surface area contributed by atoms with E-state index in [1.54, 1.807) is 11.8 Å². The Balaban J connectivity index is 2.12. The van der Waals surface area contributed by atoms with Gasteiger partial charge in [-0.3, -0.25) is 4.79 Å². The van der Waals surface area contributed by atoms with Crippen molar-refractivity contribution in [2.75, 3.05) is 25.4 Å². The van der Waals surface area contributed by atoms with E-state index >= 15 is 0 Å². The number of hydrogen-bond acceptors (Lipinski definition) is 3. The average Bonchev–Trinajstić information content (AvgIpc) is 1.99. The zero-order valence-corrected chi connectivity index (χ0v) is 9.01. The van der Waals surface area contributed by atoms with Crippen molar-refractivity contribution in [3.63, 3.8) is 0 Å². The lowest BCUT2D eigenvalue weighted by Gasteiger charge is -2.38. The van der Waals surface area contributed by atoms with Crippen molar-refractivity contribution in [2.45, 2.75) is 19.1 Å². The van der Waals surface area contributed by atoms with Gasteiger partial charge in [0, 0.05) is 25.6 Å². The lowest BCUT2D eigenvalue weighted by atomic mass is 10.0. The van der Waals surface area contributed by atoms with E-state index in [-0.39, 0.29) is 12.5 Å². The van der Waals surface area contributed by atoms with Crippen LogP contribution in [-0.2, 0) is 4.79 Å². The predicted octanol–water partition coefficient (Wildman–Crippen LogP) is 0.579. The minimum absolute atomic E-state index is 0.209. The molecule has 0 aromatic heterocycles. The van der Waals surface area contributed by atoms with Crippen molar-refractivity contribution in [2.24, 2.45) is 5.92 Å². The molecular weight excluding hydrogens is 186 g/mol. The van der Waals surface area contributed by atoms with E-state index in [0.29, 0.717) is 16.9 Å². The van der Waals surface area contributed by atoms with Crippen molar-refractivity contribution in [3.05, 3.63) is 0 Å². The molecule has 0 spiro atoms. The minimum atomic E-state index is 0.209. The summed E-state index contributed by atoms with van der Waals surface area (Å²) >= 11 is 1.67. The maximum absolute atomic E-state index is 11.4. The highest BCUT2D eigenvalue weighted by Crippen LogP contribution is 2.17. The molecule has 0 aromatic rings. The molecule has 0 radical (unpaired) electrons. The first-order chi connectivity index (χ1) is 6.13. The monoisotopic (exact) mass is 203 g/mol. The Hall–Kier alpha value is -0.220. The van der Waals surface area contributed by atoms with Crippen molar-refractivity contribution in [3.8, 4) is 0 Å². The maximum atomic E-state index is 11.4. The number of hydrogen-bond donors (Lipinski definition) is 1. The van der Waals surface area contributed by atoms with Gasteiger partial charge in [-0.1, -0.05) is 13.8 Å². The third-order valence-electron chi connectivity index (χ3n) is 2.11. The Kier molecular flexibility index (Phi) is 4.06. The summed E-state index contributed by atoms with van der Waals surface area (Å²) in [6, 6.07) is 0. The first-order valence-electron chi connectivity index (χ1n) is 4.63. The summed E-state index contributed by atoms with van der Waals surface area (Å²) in [6.07, 6.45) is 0. The molecule has 0 aromatic carbocycles. The van der Waals surface area contributed by atoms with Gasteiger partial charge in [0.15, 0.2) is 0 Å². The van der Waals surface area contributed by atoms with Crippen LogP contribution in [0, 0.1) is 5.92 Å². The fourth-order valence-corrected chi connectivity index (χ4v) is 1.88. The average molecular weight is 203 g/mol. The number of thioether (sulfide) groups is 1. The van der Waals surface area contributed by atoms with Crippen molar-refractivity contribution < 1.29 is 9.90 Å². The highest BCUT2D eigenvalue weighted by atomic mass is 32.2. The Morgan fingerprint density at radius 1 is 1.62 bits per heavy atom. The second-order valence-corrected chi connectivity index (χ2v) is 5.27. The SMILES string of the molecule is CC(C)SCC(=O)N1CC(CO)C1. The first kappa shape index (κ1) is 10.9. The Morgan fingerprint density at radius 2 is 2.23 bits per heavy atom. The Labute approximate surface area is 83.5 Å². The summed E-state index contributed by atoms with van der Waals surface area (Å²) in [4.78, 5) is 13.2. The maximum Gasteiger partial charge on any atom is 0.232 e. The first-order valence-corrected chi connectivity index (χ1v) is 5.68. The molecule has 1 saturated heterocycles. The van der Waals surface area contributed by atoms with E-state index in [9.17, 15) is 4.79 Å². The summed E-state index contributed by atoms with van der Waals surface area (Å²) < 4.78 is 0. The zero-order chi connectivity index (χ0) is 9.84. The summed E-state index contributed by atoms with van der Waals surface area (Å²) in [5.74, 6) is 1.12. The van der Waals surface area contributed by atoms with E-state index in [2.05, 4.69) is 13.8 Å². The molecule has 3 nitrogen and oxygen atoms in total. The fraction of sp³-hybridized carbons (Fsp3) is 0.889. The lowest BCUT2D eigenvalue weighted by Crippen LogP contribution is -2.52. The van der Waals surface area contributed by atoms with E-state index in [1.165, 1.54) is 0 Å². The normalized spacial score (nSPS) is 17.7. The third kappa shape index (κ3) is 3.19. The van der Waals surface area contributed by atoms with Gasteiger partial charge in [0.1, 0.15) is 0 Å². The molecule has 0 aliphatic carbocycles. The molecule has 1 rings (SSSR count). The summed E-state index contributed by atoms with van der Waals surface area (Å²) in [5, 5.41) is 9.27. The van der Waals surface area contributed by atoms with Crippen LogP contribution in [-0.4, -0.2) is 46.6 Å². The second kappa shape index (κ2) is 4.86. The Morgan fingerprint density at radius 3 is 2.69 bits per heavy atom. The fourth-order valence-electron chi connectivity index (χ4n) is 1.22. The number of amides is 1. The second-order valence-electron chi connectivity index (χ2n) is 3.71. The van der Waals surface area contributed by atoms with Gasteiger partial charge in [0.05, 0.1) is 5.75 Å². The van der Waals surface area contributed by atoms with Crippen LogP contribution >= 0.6 is 11.8 Å². The molecular formula is C9H17NO2S. The molecule has 13 heavy (non-hydrogen) atoms. The van der Waals surface area contributed by atoms with Crippen molar-refractivity contribution >= 4 is 17.7 Å². The largest absolute Gasteiger partial charge is 0.396 e. The van der Waals surface area contributed by atoms with Crippen LogP contribution < -0.4 is 0 Å². The van der Waals surface area contributed by atoms with Crippen molar-refractivity contribution in [1.29, 1.82) is 0 Å². The minimum Gasteiger partial charge on any atom is -0.396 e. The lowest BCUT2D eigenvalue weighted by molar-refractivity contribution is -0.135. The van der Waals surface area contributed by atoms with Crippen LogP contribution in [0.3, 0.4) is 0 Å². The number of aliphatic hydroxyl groups excluding tert-OH is 1. The predicted molar refractivity (Wildman–Crippen MR) is 54.7 cm³/mol. The summed E-state index contributed by atoms with van der Waals surface area (Å²) in [6.45, 7) is 5.87. The molecule has 1 aliphatic heterocycles. The van der Waals surface area contributed by atoms with Gasteiger partial charge >= 0.3 is 0 Å². The molecule has 1 aliphatic rings. The van der Waals surface area contributed by atoms with E-state index in [1.807, 2.05) is 4.90 Å². The highest BCUT2D eigenvalue weighted by molar-refractivity contribution is 8.00. The third-order valence-corrected chi connectivity index (χ3v) is 3.19. The smallest absolute Gasteiger partial charge is 0.232 e. The standard InChI is InChI=1S/C9H17NO2S/c1-7(2)13-6-9(12)10-3-8(4-10)5-11/h7-8,11H,3-6H2,1-2H3. The van der Waals surface area contributed by atoms with Crippen LogP contribution in [0.25, 0.3) is 0 Å². The number of aliphatic hydroxyl groups is 1. The molecule has 4 heteroatoms. The quantitative estimate of drug-likeness (QED) is 0.726. The molecule has 0 unspecified atom stereocenters. The van der Waals surface area contributed by atoms with Gasteiger partial charge in [-0.2, -0.15) is 0 Å². The van der Waals surface area contributed by atoms with Crippen LogP contribution in [0.1, 0.15) is 13.8 Å². The van der Waals surface area contributed by atoms with Gasteiger partial charge in [0.2, 0.25) is 5.91 Å². The molecule has 1 heterocycles. The molecule has 0 bridgehead atoms. The number of nitrogens with zero attached hydrogens (tertiary/aromatic N) is 1. The molecule has 76 valence electrons. The van der Waals surface area contributed by atoms with Crippen molar-refractivity contribution in [1.82, 2.24) is 4.90 Å². The zero-order valence-electron chi connectivity index (χ0n) is 8.19. The molecule has 1 fully saturated rings. The number of likely N-dealkylation sites (tertiary alicyclic amines) is 1. The van der Waals surface area contributed by atoms with Gasteiger partial charge in [0.25, 0.3) is 0 Å². The number of carbonyl (C=O) groups is 1. The molecule has 1 amide bonds. The molecule has 0 atom stereocenters. The number of rotatable bonds is 4. The highest BCUT2D eigenvalue weighted by Gasteiger charge is 2.29. The van der Waals surface area contributed by atoms with Gasteiger partial charge < -0.3 is 10.0 Å². The summed E-state index contributed by atoms with van der Waals surface area (Å²) in [7, 11) is 0. The Bertz CT molecular complexity index is 178. The van der Waals surface area contributed by atoms with E-state index in [0.717, 1.165) is 13.1 Å². The number of carbonyl (C=O) groups excluding carboxylic acids is 1. The van der Waals surface area contributed by atoms with Gasteiger partial charge in [-0.15, -0.1) is 11.8 Å². The van der Waals surface area contributed by atoms with Crippen LogP contribution in [0.5, 0.6) is 0 Å². The van der Waals surface area contributed by atoms with E-state index < -0.39 is 0 Å². The van der Waals surface area contributed by atoms with Crippen LogP contribution in [0.15, 0.2) is 0 Å². The summed E-state index contributed by atoms with van der Waals surface area (Å²) in [5.41, 5.74) is 0.